The van der Waals surface area contributed by atoms with Crippen LogP contribution in [0.4, 0.5) is 0 Å². The summed E-state index contributed by atoms with van der Waals surface area (Å²) in [7, 11) is 0. The van der Waals surface area contributed by atoms with Gasteiger partial charge in [-0.2, -0.15) is 0 Å². The molecule has 0 bridgehead atoms. The van der Waals surface area contributed by atoms with Crippen LogP contribution in [0.2, 0.25) is 5.02 Å². The van der Waals surface area contributed by atoms with E-state index in [-0.39, 0.29) is 0 Å². The minimum absolute atomic E-state index is 0.411. The van der Waals surface area contributed by atoms with E-state index < -0.39 is 0 Å². The van der Waals surface area contributed by atoms with Crippen molar-refractivity contribution in [2.24, 2.45) is 0 Å². The fraction of sp³-hybridized carbons (Fsp3) is 0.333. The van der Waals surface area contributed by atoms with Crippen LogP contribution in [0.3, 0.4) is 0 Å². The van der Waals surface area contributed by atoms with Gasteiger partial charge in [-0.25, -0.2) is 0 Å². The van der Waals surface area contributed by atoms with Crippen molar-refractivity contribution < 1.29 is 0 Å². The van der Waals surface area contributed by atoms with Gasteiger partial charge in [-0.3, -0.25) is 4.90 Å². The van der Waals surface area contributed by atoms with E-state index in [2.05, 4.69) is 83.5 Å². The van der Waals surface area contributed by atoms with E-state index >= 15 is 0 Å². The Morgan fingerprint density at radius 3 is 2.13 bits per heavy atom. The van der Waals surface area contributed by atoms with Gasteiger partial charge in [0.2, 0.25) is 0 Å². The van der Waals surface area contributed by atoms with Gasteiger partial charge in [0.1, 0.15) is 0 Å². The number of halogens is 1. The van der Waals surface area contributed by atoms with Crippen molar-refractivity contribution >= 4 is 11.6 Å². The van der Waals surface area contributed by atoms with Gasteiger partial charge in [0.15, 0.2) is 0 Å². The van der Waals surface area contributed by atoms with Gasteiger partial charge >= 0.3 is 0 Å². The highest BCUT2D eigenvalue weighted by Crippen LogP contribution is 2.29. The molecule has 1 aliphatic heterocycles. The molecule has 30 heavy (non-hydrogen) atoms. The van der Waals surface area contributed by atoms with Crippen LogP contribution in [-0.4, -0.2) is 42.5 Å². The zero-order chi connectivity index (χ0) is 20.8. The number of piperazine rings is 1. The fourth-order valence-electron chi connectivity index (χ4n) is 4.46. The normalized spacial score (nSPS) is 16.5. The van der Waals surface area contributed by atoms with Gasteiger partial charge < -0.3 is 4.90 Å². The second-order valence-corrected chi connectivity index (χ2v) is 8.85. The summed E-state index contributed by atoms with van der Waals surface area (Å²) in [5, 5.41) is 0.801. The third-order valence-corrected chi connectivity index (χ3v) is 6.41. The molecule has 1 atom stereocenters. The minimum atomic E-state index is 0.411. The SMILES string of the molecule is Cc1cccc(CN2CCN(CCC(c3ccccc3)c3ccc(Cl)cc3)CC2)c1. The molecule has 1 aliphatic rings. The molecule has 0 aliphatic carbocycles. The van der Waals surface area contributed by atoms with Crippen molar-refractivity contribution in [1.29, 1.82) is 0 Å². The molecule has 0 saturated carbocycles. The smallest absolute Gasteiger partial charge is 0.0406 e. The first-order chi connectivity index (χ1) is 14.7. The fourth-order valence-corrected chi connectivity index (χ4v) is 4.58. The number of benzene rings is 3. The van der Waals surface area contributed by atoms with Crippen LogP contribution in [0.25, 0.3) is 0 Å². The monoisotopic (exact) mass is 418 g/mol. The quantitative estimate of drug-likeness (QED) is 0.465. The van der Waals surface area contributed by atoms with E-state index in [0.29, 0.717) is 5.92 Å². The molecule has 0 amide bonds. The van der Waals surface area contributed by atoms with Crippen LogP contribution < -0.4 is 0 Å². The van der Waals surface area contributed by atoms with Crippen molar-refractivity contribution in [3.05, 3.63) is 106 Å². The van der Waals surface area contributed by atoms with Crippen LogP contribution in [0.15, 0.2) is 78.9 Å². The first kappa shape index (κ1) is 21.1. The van der Waals surface area contributed by atoms with E-state index in [4.69, 9.17) is 11.6 Å². The average molecular weight is 419 g/mol. The van der Waals surface area contributed by atoms with Gasteiger partial charge in [0.25, 0.3) is 0 Å². The number of aryl methyl sites for hydroxylation is 1. The van der Waals surface area contributed by atoms with Crippen LogP contribution in [-0.2, 0) is 6.54 Å². The highest BCUT2D eigenvalue weighted by Gasteiger charge is 2.20. The van der Waals surface area contributed by atoms with Crippen molar-refractivity contribution in [2.75, 3.05) is 32.7 Å². The second-order valence-electron chi connectivity index (χ2n) is 8.41. The molecule has 0 aromatic heterocycles. The molecule has 1 heterocycles. The summed E-state index contributed by atoms with van der Waals surface area (Å²) in [5.74, 6) is 0.411. The highest BCUT2D eigenvalue weighted by atomic mass is 35.5. The molecule has 1 unspecified atom stereocenters. The van der Waals surface area contributed by atoms with Gasteiger partial charge in [-0.15, -0.1) is 0 Å². The number of hydrogen-bond donors (Lipinski definition) is 0. The average Bonchev–Trinajstić information content (AvgIpc) is 2.77. The lowest BCUT2D eigenvalue weighted by atomic mass is 9.88. The lowest BCUT2D eigenvalue weighted by molar-refractivity contribution is 0.125. The molecule has 3 heteroatoms. The lowest BCUT2D eigenvalue weighted by Crippen LogP contribution is -2.46. The first-order valence-corrected chi connectivity index (χ1v) is 11.4. The standard InChI is InChI=1S/C27H31ClN2/c1-22-6-5-7-23(20-22)21-30-18-16-29(17-19-30)15-14-27(24-8-3-2-4-9-24)25-10-12-26(28)13-11-25/h2-13,20,27H,14-19,21H2,1H3. The number of nitrogens with zero attached hydrogens (tertiary/aromatic N) is 2. The largest absolute Gasteiger partial charge is 0.301 e. The Hall–Kier alpha value is -2.13. The Kier molecular flexibility index (Phi) is 7.22. The van der Waals surface area contributed by atoms with E-state index in [1.807, 2.05) is 12.1 Å². The molecule has 156 valence electrons. The Morgan fingerprint density at radius 1 is 0.767 bits per heavy atom. The van der Waals surface area contributed by atoms with Crippen molar-refractivity contribution in [3.63, 3.8) is 0 Å². The lowest BCUT2D eigenvalue weighted by Gasteiger charge is -2.35. The molecule has 0 radical (unpaired) electrons. The van der Waals surface area contributed by atoms with E-state index in [0.717, 1.165) is 50.7 Å². The molecule has 0 spiro atoms. The molecule has 0 N–H and O–H groups in total. The molecule has 3 aromatic rings. The maximum absolute atomic E-state index is 6.13. The maximum atomic E-state index is 6.13. The minimum Gasteiger partial charge on any atom is -0.301 e. The summed E-state index contributed by atoms with van der Waals surface area (Å²) in [6.07, 6.45) is 1.13. The Morgan fingerprint density at radius 2 is 1.43 bits per heavy atom. The first-order valence-electron chi connectivity index (χ1n) is 11.0. The Labute approximate surface area is 186 Å². The summed E-state index contributed by atoms with van der Waals surface area (Å²) in [4.78, 5) is 5.21. The third kappa shape index (κ3) is 5.72. The van der Waals surface area contributed by atoms with Gasteiger partial charge in [0, 0.05) is 43.7 Å². The summed E-state index contributed by atoms with van der Waals surface area (Å²) < 4.78 is 0. The number of hydrogen-bond acceptors (Lipinski definition) is 2. The van der Waals surface area contributed by atoms with Gasteiger partial charge in [0.05, 0.1) is 0 Å². The predicted octanol–water partition coefficient (Wildman–Crippen LogP) is 5.99. The Bertz CT molecular complexity index is 915. The Balaban J connectivity index is 1.34. The number of rotatable bonds is 7. The summed E-state index contributed by atoms with van der Waals surface area (Å²) >= 11 is 6.13. The third-order valence-electron chi connectivity index (χ3n) is 6.16. The second kappa shape index (κ2) is 10.3. The molecular formula is C27H31ClN2. The highest BCUT2D eigenvalue weighted by molar-refractivity contribution is 6.30. The van der Waals surface area contributed by atoms with E-state index in [1.165, 1.54) is 22.3 Å². The van der Waals surface area contributed by atoms with Gasteiger partial charge in [-0.05, 0) is 48.7 Å². The van der Waals surface area contributed by atoms with E-state index in [9.17, 15) is 0 Å². The summed E-state index contributed by atoms with van der Waals surface area (Å²) in [6.45, 7) is 8.94. The zero-order valence-corrected chi connectivity index (χ0v) is 18.6. The van der Waals surface area contributed by atoms with Crippen LogP contribution in [0, 0.1) is 6.92 Å². The zero-order valence-electron chi connectivity index (χ0n) is 17.8. The maximum Gasteiger partial charge on any atom is 0.0406 e. The predicted molar refractivity (Wildman–Crippen MR) is 127 cm³/mol. The topological polar surface area (TPSA) is 6.48 Å². The molecule has 1 saturated heterocycles. The van der Waals surface area contributed by atoms with Crippen molar-refractivity contribution in [2.45, 2.75) is 25.8 Å². The molecule has 3 aromatic carbocycles. The van der Waals surface area contributed by atoms with E-state index in [1.54, 1.807) is 0 Å². The van der Waals surface area contributed by atoms with Crippen LogP contribution >= 0.6 is 11.6 Å². The van der Waals surface area contributed by atoms with Crippen molar-refractivity contribution in [1.82, 2.24) is 9.80 Å². The molecule has 2 nitrogen and oxygen atoms in total. The van der Waals surface area contributed by atoms with Crippen LogP contribution in [0.1, 0.15) is 34.6 Å². The molecule has 1 fully saturated rings. The van der Waals surface area contributed by atoms with Gasteiger partial charge in [-0.1, -0.05) is 83.9 Å². The van der Waals surface area contributed by atoms with Crippen molar-refractivity contribution in [3.8, 4) is 0 Å². The summed E-state index contributed by atoms with van der Waals surface area (Å²) in [5.41, 5.74) is 5.51. The molecular weight excluding hydrogens is 388 g/mol. The van der Waals surface area contributed by atoms with Crippen LogP contribution in [0.5, 0.6) is 0 Å². The summed E-state index contributed by atoms with van der Waals surface area (Å²) in [6, 6.07) is 28.2. The molecule has 4 rings (SSSR count).